The first-order valence-corrected chi connectivity index (χ1v) is 13.6. The molecule has 6 nitrogen and oxygen atoms in total. The molecule has 3 aromatic carbocycles. The number of hydrogen-bond donors (Lipinski definition) is 1. The number of rotatable bonds is 8. The molecule has 1 fully saturated rings. The summed E-state index contributed by atoms with van der Waals surface area (Å²) in [5.74, 6) is 0. The van der Waals surface area contributed by atoms with E-state index >= 15 is 0 Å². The standard InChI is InChI=1S/C28H36N4O2S/c1-22-10-15-27(20-23(22)2)35(33,34)29-21-28(24-11-13-25(14-12-24)30(3)4)32-18-16-31(17-19-32)26-8-6-5-7-9-26/h5-15,20,28-29H,16-19,21H2,1-4H3/t28-/m0/s1. The van der Waals surface area contributed by atoms with E-state index in [0.717, 1.165) is 48.6 Å². The maximum Gasteiger partial charge on any atom is 0.240 e. The highest BCUT2D eigenvalue weighted by Gasteiger charge is 2.27. The van der Waals surface area contributed by atoms with Crippen molar-refractivity contribution in [3.05, 3.63) is 89.5 Å². The Bertz CT molecular complexity index is 1220. The molecule has 3 aromatic rings. The SMILES string of the molecule is Cc1ccc(S(=O)(=O)NC[C@@H](c2ccc(N(C)C)cc2)N2CCN(c3ccccc3)CC2)cc1C. The van der Waals surface area contributed by atoms with E-state index in [1.807, 2.05) is 40.1 Å². The van der Waals surface area contributed by atoms with Gasteiger partial charge >= 0.3 is 0 Å². The quantitative estimate of drug-likeness (QED) is 0.511. The van der Waals surface area contributed by atoms with Gasteiger partial charge in [0, 0.05) is 64.2 Å². The molecule has 4 rings (SSSR count). The van der Waals surface area contributed by atoms with Crippen LogP contribution in [0.1, 0.15) is 22.7 Å². The number of hydrogen-bond acceptors (Lipinski definition) is 5. The van der Waals surface area contributed by atoms with Crippen LogP contribution in [0.3, 0.4) is 0 Å². The zero-order valence-corrected chi connectivity index (χ0v) is 21.9. The Morgan fingerprint density at radius 1 is 0.857 bits per heavy atom. The summed E-state index contributed by atoms with van der Waals surface area (Å²) in [5.41, 5.74) is 5.53. The molecule has 1 N–H and O–H groups in total. The van der Waals surface area contributed by atoms with E-state index in [1.165, 1.54) is 5.69 Å². The first kappa shape index (κ1) is 25.2. The van der Waals surface area contributed by atoms with Gasteiger partial charge in [0.2, 0.25) is 10.0 Å². The first-order chi connectivity index (χ1) is 16.7. The fourth-order valence-corrected chi connectivity index (χ4v) is 5.66. The van der Waals surface area contributed by atoms with Crippen LogP contribution in [0.4, 0.5) is 11.4 Å². The Morgan fingerprint density at radius 2 is 1.51 bits per heavy atom. The normalized spacial score (nSPS) is 15.7. The van der Waals surface area contributed by atoms with Crippen LogP contribution in [0.5, 0.6) is 0 Å². The van der Waals surface area contributed by atoms with E-state index in [2.05, 4.69) is 68.0 Å². The van der Waals surface area contributed by atoms with Crippen molar-refractivity contribution in [3.8, 4) is 0 Å². The molecule has 0 spiro atoms. The molecule has 1 aliphatic rings. The Labute approximate surface area is 210 Å². The van der Waals surface area contributed by atoms with E-state index in [1.54, 1.807) is 12.1 Å². The van der Waals surface area contributed by atoms with Gasteiger partial charge in [-0.15, -0.1) is 0 Å². The van der Waals surface area contributed by atoms with Crippen molar-refractivity contribution < 1.29 is 8.42 Å². The van der Waals surface area contributed by atoms with Gasteiger partial charge in [-0.25, -0.2) is 13.1 Å². The lowest BCUT2D eigenvalue weighted by atomic mass is 10.0. The van der Waals surface area contributed by atoms with Crippen LogP contribution in [0.15, 0.2) is 77.7 Å². The fourth-order valence-electron chi connectivity index (χ4n) is 4.54. The monoisotopic (exact) mass is 492 g/mol. The van der Waals surface area contributed by atoms with Crippen molar-refractivity contribution in [2.45, 2.75) is 24.8 Å². The van der Waals surface area contributed by atoms with Crippen LogP contribution in [0.2, 0.25) is 0 Å². The summed E-state index contributed by atoms with van der Waals surface area (Å²) in [6.07, 6.45) is 0. The molecule has 186 valence electrons. The molecular weight excluding hydrogens is 456 g/mol. The molecule has 1 heterocycles. The first-order valence-electron chi connectivity index (χ1n) is 12.1. The smallest absolute Gasteiger partial charge is 0.240 e. The second-order valence-corrected chi connectivity index (χ2v) is 11.2. The minimum Gasteiger partial charge on any atom is -0.378 e. The Hall–Kier alpha value is -2.87. The third-order valence-electron chi connectivity index (χ3n) is 6.93. The second kappa shape index (κ2) is 10.8. The van der Waals surface area contributed by atoms with Crippen LogP contribution < -0.4 is 14.5 Å². The average Bonchev–Trinajstić information content (AvgIpc) is 2.87. The van der Waals surface area contributed by atoms with Gasteiger partial charge in [0.15, 0.2) is 0 Å². The number of nitrogens with one attached hydrogen (secondary N) is 1. The Morgan fingerprint density at radius 3 is 2.11 bits per heavy atom. The highest BCUT2D eigenvalue weighted by molar-refractivity contribution is 7.89. The van der Waals surface area contributed by atoms with E-state index in [-0.39, 0.29) is 6.04 Å². The van der Waals surface area contributed by atoms with E-state index in [9.17, 15) is 8.42 Å². The highest BCUT2D eigenvalue weighted by Crippen LogP contribution is 2.26. The van der Waals surface area contributed by atoms with Gasteiger partial charge < -0.3 is 9.80 Å². The molecule has 0 aliphatic carbocycles. The average molecular weight is 493 g/mol. The van der Waals surface area contributed by atoms with Gasteiger partial charge in [-0.3, -0.25) is 4.90 Å². The van der Waals surface area contributed by atoms with Crippen molar-refractivity contribution >= 4 is 21.4 Å². The van der Waals surface area contributed by atoms with Gasteiger partial charge in [0.1, 0.15) is 0 Å². The maximum absolute atomic E-state index is 13.2. The summed E-state index contributed by atoms with van der Waals surface area (Å²) >= 11 is 0. The van der Waals surface area contributed by atoms with Crippen molar-refractivity contribution in [1.29, 1.82) is 0 Å². The van der Waals surface area contributed by atoms with Crippen molar-refractivity contribution in [1.82, 2.24) is 9.62 Å². The van der Waals surface area contributed by atoms with Crippen LogP contribution in [0.25, 0.3) is 0 Å². The second-order valence-electron chi connectivity index (χ2n) is 9.46. The Kier molecular flexibility index (Phi) is 7.79. The predicted molar refractivity (Wildman–Crippen MR) is 145 cm³/mol. The van der Waals surface area contributed by atoms with Crippen molar-refractivity contribution in [2.24, 2.45) is 0 Å². The molecule has 1 aliphatic heterocycles. The largest absolute Gasteiger partial charge is 0.378 e. The fraction of sp³-hybridized carbons (Fsp3) is 0.357. The molecule has 7 heteroatoms. The number of anilines is 2. The van der Waals surface area contributed by atoms with Gasteiger partial charge in [-0.2, -0.15) is 0 Å². The summed E-state index contributed by atoms with van der Waals surface area (Å²) in [6, 6.07) is 24.1. The summed E-state index contributed by atoms with van der Waals surface area (Å²) in [7, 11) is 0.430. The Balaban J connectivity index is 1.53. The minimum atomic E-state index is -3.61. The molecule has 0 radical (unpaired) electrons. The van der Waals surface area contributed by atoms with Crippen molar-refractivity contribution in [2.75, 3.05) is 56.6 Å². The summed E-state index contributed by atoms with van der Waals surface area (Å²) in [6.45, 7) is 7.78. The molecule has 1 saturated heterocycles. The van der Waals surface area contributed by atoms with Gasteiger partial charge in [-0.05, 0) is 66.9 Å². The molecule has 0 amide bonds. The van der Waals surface area contributed by atoms with Crippen LogP contribution in [0, 0.1) is 13.8 Å². The van der Waals surface area contributed by atoms with Crippen LogP contribution in [-0.2, 0) is 10.0 Å². The van der Waals surface area contributed by atoms with Gasteiger partial charge in [0.25, 0.3) is 0 Å². The number of nitrogens with zero attached hydrogens (tertiary/aromatic N) is 3. The van der Waals surface area contributed by atoms with E-state index in [4.69, 9.17) is 0 Å². The van der Waals surface area contributed by atoms with Crippen LogP contribution >= 0.6 is 0 Å². The lowest BCUT2D eigenvalue weighted by Gasteiger charge is -2.40. The number of sulfonamides is 1. The third-order valence-corrected chi connectivity index (χ3v) is 8.35. The molecule has 1 atom stereocenters. The topological polar surface area (TPSA) is 55.9 Å². The number of aryl methyl sites for hydroxylation is 2. The van der Waals surface area contributed by atoms with E-state index < -0.39 is 10.0 Å². The number of para-hydroxylation sites is 1. The summed E-state index contributed by atoms with van der Waals surface area (Å²) < 4.78 is 29.2. The minimum absolute atomic E-state index is 0.0505. The maximum atomic E-state index is 13.2. The van der Waals surface area contributed by atoms with Crippen molar-refractivity contribution in [3.63, 3.8) is 0 Å². The number of piperazine rings is 1. The van der Waals surface area contributed by atoms with E-state index in [0.29, 0.717) is 11.4 Å². The predicted octanol–water partition coefficient (Wildman–Crippen LogP) is 4.21. The molecular formula is C28H36N4O2S. The molecule has 0 bridgehead atoms. The van der Waals surface area contributed by atoms with Crippen LogP contribution in [-0.4, -0.2) is 60.1 Å². The molecule has 0 aromatic heterocycles. The zero-order chi connectivity index (χ0) is 25.0. The lowest BCUT2D eigenvalue weighted by Crippen LogP contribution is -2.49. The molecule has 0 unspecified atom stereocenters. The highest BCUT2D eigenvalue weighted by atomic mass is 32.2. The molecule has 0 saturated carbocycles. The van der Waals surface area contributed by atoms with Gasteiger partial charge in [0.05, 0.1) is 4.90 Å². The van der Waals surface area contributed by atoms with Gasteiger partial charge in [-0.1, -0.05) is 36.4 Å². The number of benzene rings is 3. The summed E-state index contributed by atoms with van der Waals surface area (Å²) in [4.78, 5) is 7.17. The molecule has 35 heavy (non-hydrogen) atoms. The lowest BCUT2D eigenvalue weighted by molar-refractivity contribution is 0.187. The third kappa shape index (κ3) is 6.04. The summed E-state index contributed by atoms with van der Waals surface area (Å²) in [5, 5.41) is 0. The zero-order valence-electron chi connectivity index (χ0n) is 21.1.